The van der Waals surface area contributed by atoms with E-state index in [9.17, 15) is 4.79 Å². The van der Waals surface area contributed by atoms with Gasteiger partial charge in [0.15, 0.2) is 0 Å². The molecule has 1 amide bonds. The maximum Gasteiger partial charge on any atom is 0.251 e. The number of anilines is 1. The number of aryl methyl sites for hydroxylation is 1. The van der Waals surface area contributed by atoms with Gasteiger partial charge < -0.3 is 16.0 Å². The van der Waals surface area contributed by atoms with Crippen LogP contribution >= 0.6 is 0 Å². The van der Waals surface area contributed by atoms with Gasteiger partial charge in [0.1, 0.15) is 0 Å². The second-order valence-electron chi connectivity index (χ2n) is 6.94. The van der Waals surface area contributed by atoms with Crippen LogP contribution in [0.4, 0.5) is 5.69 Å². The molecule has 0 unspecified atom stereocenters. The minimum absolute atomic E-state index is 0.123. The first-order chi connectivity index (χ1) is 14.6. The molecule has 0 atom stereocenters. The molecule has 5 heteroatoms. The Morgan fingerprint density at radius 3 is 2.37 bits per heavy atom. The number of amides is 1. The van der Waals surface area contributed by atoms with Crippen molar-refractivity contribution in [2.45, 2.75) is 12.8 Å². The van der Waals surface area contributed by atoms with E-state index in [2.05, 4.69) is 34.9 Å². The van der Waals surface area contributed by atoms with Gasteiger partial charge in [-0.15, -0.1) is 0 Å². The number of nitrogens with zero attached hydrogens (tertiary/aromatic N) is 1. The number of hydrogen-bond donors (Lipinski definition) is 3. The Morgan fingerprint density at radius 2 is 1.73 bits per heavy atom. The lowest BCUT2D eigenvalue weighted by molar-refractivity contribution is 0.0953. The maximum atomic E-state index is 12.1. The summed E-state index contributed by atoms with van der Waals surface area (Å²) in [6, 6.07) is 23.1. The van der Waals surface area contributed by atoms with Gasteiger partial charge in [-0.25, -0.2) is 0 Å². The summed E-state index contributed by atoms with van der Waals surface area (Å²) in [7, 11) is 1.85. The largest absolute Gasteiger partial charge is 0.388 e. The Bertz CT molecular complexity index is 1060. The van der Waals surface area contributed by atoms with Gasteiger partial charge in [0.25, 0.3) is 5.91 Å². The first-order valence-electron chi connectivity index (χ1n) is 9.84. The molecule has 3 N–H and O–H groups in total. The fourth-order valence-corrected chi connectivity index (χ4v) is 3.25. The molecular formula is C25H24N4O. The van der Waals surface area contributed by atoms with E-state index in [1.54, 1.807) is 24.3 Å². The van der Waals surface area contributed by atoms with Crippen molar-refractivity contribution in [1.29, 1.82) is 10.7 Å². The average molecular weight is 396 g/mol. The van der Waals surface area contributed by atoms with E-state index in [0.717, 1.165) is 35.2 Å². The molecule has 3 rings (SSSR count). The van der Waals surface area contributed by atoms with Crippen molar-refractivity contribution in [1.82, 2.24) is 5.32 Å². The van der Waals surface area contributed by atoms with E-state index in [1.807, 2.05) is 31.3 Å². The number of carbonyl (C=O) groups is 1. The number of rotatable bonds is 8. The summed E-state index contributed by atoms with van der Waals surface area (Å²) >= 11 is 0. The van der Waals surface area contributed by atoms with E-state index >= 15 is 0 Å². The van der Waals surface area contributed by atoms with E-state index in [1.165, 1.54) is 11.8 Å². The number of nitrogens with one attached hydrogen (secondary N) is 3. The molecule has 0 radical (unpaired) electrons. The van der Waals surface area contributed by atoms with Crippen LogP contribution in [-0.4, -0.2) is 25.7 Å². The second-order valence-corrected chi connectivity index (χ2v) is 6.94. The summed E-state index contributed by atoms with van der Waals surface area (Å²) < 4.78 is 0. The molecule has 150 valence electrons. The molecule has 0 saturated carbocycles. The summed E-state index contributed by atoms with van der Waals surface area (Å²) in [6.45, 7) is 0.592. The highest BCUT2D eigenvalue weighted by atomic mass is 16.1. The van der Waals surface area contributed by atoms with Crippen molar-refractivity contribution in [2.24, 2.45) is 0 Å². The first-order valence-corrected chi connectivity index (χ1v) is 9.84. The Hall–Kier alpha value is -3.91. The van der Waals surface area contributed by atoms with Gasteiger partial charge in [-0.05, 0) is 65.9 Å². The van der Waals surface area contributed by atoms with E-state index in [0.29, 0.717) is 17.7 Å². The van der Waals surface area contributed by atoms with Crippen molar-refractivity contribution in [2.75, 3.05) is 18.9 Å². The van der Waals surface area contributed by atoms with Crippen LogP contribution in [0.3, 0.4) is 0 Å². The van der Waals surface area contributed by atoms with Crippen molar-refractivity contribution in [3.05, 3.63) is 89.0 Å². The SMILES string of the molecule is CNc1ccc(-c2ccc(CCCNC(=O)c3ccc(C#N)cc3)cc2)cc1C=N. The predicted molar refractivity (Wildman–Crippen MR) is 121 cm³/mol. The van der Waals surface area contributed by atoms with Crippen LogP contribution in [-0.2, 0) is 6.42 Å². The number of carbonyl (C=O) groups excluding carboxylic acids is 1. The van der Waals surface area contributed by atoms with Crippen LogP contribution < -0.4 is 10.6 Å². The first kappa shape index (κ1) is 20.8. The van der Waals surface area contributed by atoms with E-state index in [-0.39, 0.29) is 5.91 Å². The fourth-order valence-electron chi connectivity index (χ4n) is 3.25. The third kappa shape index (κ3) is 5.12. The molecule has 0 aromatic heterocycles. The Labute approximate surface area is 176 Å². The van der Waals surface area contributed by atoms with Crippen LogP contribution in [0, 0.1) is 16.7 Å². The van der Waals surface area contributed by atoms with Gasteiger partial charge in [0, 0.05) is 36.6 Å². The smallest absolute Gasteiger partial charge is 0.251 e. The molecule has 0 fully saturated rings. The van der Waals surface area contributed by atoms with Crippen LogP contribution in [0.1, 0.15) is 33.5 Å². The third-order valence-corrected chi connectivity index (χ3v) is 4.97. The lowest BCUT2D eigenvalue weighted by Crippen LogP contribution is -2.24. The van der Waals surface area contributed by atoms with Crippen molar-refractivity contribution in [3.63, 3.8) is 0 Å². The van der Waals surface area contributed by atoms with Crippen LogP contribution in [0.5, 0.6) is 0 Å². The lowest BCUT2D eigenvalue weighted by Gasteiger charge is -2.09. The zero-order chi connectivity index (χ0) is 21.3. The number of nitriles is 1. The quantitative estimate of drug-likeness (QED) is 0.383. The molecule has 0 heterocycles. The van der Waals surface area contributed by atoms with Gasteiger partial charge in [-0.1, -0.05) is 30.3 Å². The monoisotopic (exact) mass is 396 g/mol. The zero-order valence-electron chi connectivity index (χ0n) is 16.9. The molecule has 0 aliphatic carbocycles. The molecule has 3 aromatic rings. The Morgan fingerprint density at radius 1 is 1.03 bits per heavy atom. The minimum atomic E-state index is -0.123. The van der Waals surface area contributed by atoms with Gasteiger partial charge in [-0.3, -0.25) is 4.79 Å². The van der Waals surface area contributed by atoms with Gasteiger partial charge in [0.2, 0.25) is 0 Å². The lowest BCUT2D eigenvalue weighted by atomic mass is 10.00. The van der Waals surface area contributed by atoms with Gasteiger partial charge in [-0.2, -0.15) is 5.26 Å². The number of benzene rings is 3. The molecule has 3 aromatic carbocycles. The normalized spacial score (nSPS) is 10.1. The molecule has 0 saturated heterocycles. The standard InChI is InChI=1S/C25H24N4O/c1-28-24-13-12-22(15-23(24)17-27)20-8-4-18(5-9-20)3-2-14-29-25(30)21-10-6-19(16-26)7-11-21/h4-13,15,17,27-28H,2-3,14H2,1H3,(H,29,30). The van der Waals surface area contributed by atoms with E-state index < -0.39 is 0 Å². The molecule has 0 spiro atoms. The number of hydrogen-bond acceptors (Lipinski definition) is 4. The summed E-state index contributed by atoms with van der Waals surface area (Å²) in [5.74, 6) is -0.123. The Kier molecular flexibility index (Phi) is 6.96. The molecule has 5 nitrogen and oxygen atoms in total. The maximum absolute atomic E-state index is 12.1. The average Bonchev–Trinajstić information content (AvgIpc) is 2.81. The zero-order valence-corrected chi connectivity index (χ0v) is 16.9. The summed E-state index contributed by atoms with van der Waals surface area (Å²) in [4.78, 5) is 12.1. The van der Waals surface area contributed by atoms with Crippen molar-refractivity contribution >= 4 is 17.8 Å². The van der Waals surface area contributed by atoms with E-state index in [4.69, 9.17) is 10.7 Å². The topological polar surface area (TPSA) is 88.8 Å². The second kappa shape index (κ2) is 10.0. The summed E-state index contributed by atoms with van der Waals surface area (Å²) in [5.41, 5.74) is 6.30. The molecule has 0 aliphatic heterocycles. The highest BCUT2D eigenvalue weighted by Crippen LogP contribution is 2.25. The Balaban J connectivity index is 1.52. The fraction of sp³-hybridized carbons (Fsp3) is 0.160. The highest BCUT2D eigenvalue weighted by Gasteiger charge is 2.06. The van der Waals surface area contributed by atoms with Crippen LogP contribution in [0.25, 0.3) is 11.1 Å². The molecule has 0 bridgehead atoms. The molecule has 30 heavy (non-hydrogen) atoms. The van der Waals surface area contributed by atoms with Gasteiger partial charge in [0.05, 0.1) is 11.6 Å². The predicted octanol–water partition coefficient (Wildman–Crippen LogP) is 4.63. The summed E-state index contributed by atoms with van der Waals surface area (Å²) in [5, 5.41) is 22.4. The van der Waals surface area contributed by atoms with Crippen LogP contribution in [0.15, 0.2) is 66.7 Å². The van der Waals surface area contributed by atoms with Crippen LogP contribution in [0.2, 0.25) is 0 Å². The highest BCUT2D eigenvalue weighted by molar-refractivity contribution is 5.94. The minimum Gasteiger partial charge on any atom is -0.388 e. The van der Waals surface area contributed by atoms with Crippen molar-refractivity contribution < 1.29 is 4.79 Å². The summed E-state index contributed by atoms with van der Waals surface area (Å²) in [6.07, 6.45) is 3.07. The third-order valence-electron chi connectivity index (χ3n) is 4.97. The molecular weight excluding hydrogens is 372 g/mol. The van der Waals surface area contributed by atoms with Gasteiger partial charge >= 0.3 is 0 Å². The van der Waals surface area contributed by atoms with Crippen molar-refractivity contribution in [3.8, 4) is 17.2 Å². The molecule has 0 aliphatic rings.